The third-order valence-corrected chi connectivity index (χ3v) is 13.4. The van der Waals surface area contributed by atoms with Gasteiger partial charge in [0, 0.05) is 22.7 Å². The molecule has 0 aromatic heterocycles. The monoisotopic (exact) mass is 488 g/mol. The number of allylic oxidation sites excluding steroid dienone is 2. The lowest BCUT2D eigenvalue weighted by Gasteiger charge is -2.71. The van der Waals surface area contributed by atoms with Gasteiger partial charge >= 0.3 is 0 Å². The minimum Gasteiger partial charge on any atom is -0.396 e. The van der Waals surface area contributed by atoms with Gasteiger partial charge < -0.3 is 20.4 Å². The Balaban J connectivity index is 1.58. The topological polar surface area (TPSA) is 98.0 Å². The quantitative estimate of drug-likeness (QED) is 0.445. The number of hydrogen-bond donors (Lipinski definition) is 4. The van der Waals surface area contributed by atoms with E-state index in [1.54, 1.807) is 0 Å². The Morgan fingerprint density at radius 2 is 1.57 bits per heavy atom. The van der Waals surface area contributed by atoms with E-state index in [1.165, 1.54) is 5.57 Å². The lowest BCUT2D eigenvalue weighted by Crippen LogP contribution is -2.66. The summed E-state index contributed by atoms with van der Waals surface area (Å²) in [4.78, 5) is 13.5. The van der Waals surface area contributed by atoms with Gasteiger partial charge in [0.1, 0.15) is 5.78 Å². The van der Waals surface area contributed by atoms with Crippen LogP contribution in [0.4, 0.5) is 0 Å². The van der Waals surface area contributed by atoms with Gasteiger partial charge in [-0.25, -0.2) is 0 Å². The molecule has 0 heterocycles. The van der Waals surface area contributed by atoms with Crippen LogP contribution in [0.1, 0.15) is 92.4 Å². The highest BCUT2D eigenvalue weighted by Gasteiger charge is 2.69. The predicted molar refractivity (Wildman–Crippen MR) is 135 cm³/mol. The second-order valence-electron chi connectivity index (χ2n) is 14.6. The third kappa shape index (κ3) is 3.05. The molecule has 0 aromatic carbocycles. The van der Waals surface area contributed by atoms with Crippen molar-refractivity contribution >= 4 is 5.78 Å². The van der Waals surface area contributed by atoms with E-state index >= 15 is 0 Å². The summed E-state index contributed by atoms with van der Waals surface area (Å²) < 4.78 is 0. The summed E-state index contributed by atoms with van der Waals surface area (Å²) in [6, 6.07) is 0. The molecule has 9 atom stereocenters. The maximum absolute atomic E-state index is 13.5. The molecule has 0 amide bonds. The summed E-state index contributed by atoms with van der Waals surface area (Å²) >= 11 is 0. The number of ketones is 1. The van der Waals surface area contributed by atoms with Gasteiger partial charge in [0.05, 0.1) is 25.9 Å². The Morgan fingerprint density at radius 3 is 2.20 bits per heavy atom. The molecular formula is C30H48O5. The third-order valence-electron chi connectivity index (χ3n) is 13.4. The number of hydrogen-bond acceptors (Lipinski definition) is 5. The zero-order chi connectivity index (χ0) is 25.7. The molecule has 5 heteroatoms. The van der Waals surface area contributed by atoms with Crippen LogP contribution < -0.4 is 0 Å². The van der Waals surface area contributed by atoms with Gasteiger partial charge in [0.2, 0.25) is 0 Å². The normalized spacial score (nSPS) is 53.1. The summed E-state index contributed by atoms with van der Waals surface area (Å²) in [6.45, 7) is 11.3. The molecule has 5 nitrogen and oxygen atoms in total. The SMILES string of the molecule is CC12CCC3(C)C(=CCC4C5(C)CCC(O)C(C)(CO)C5CCC43C)C1CC(CO)(CO)CC2=O. The van der Waals surface area contributed by atoms with Crippen molar-refractivity contribution in [3.63, 3.8) is 0 Å². The molecule has 4 N–H and O–H groups in total. The van der Waals surface area contributed by atoms with Crippen molar-refractivity contribution in [3.05, 3.63) is 11.6 Å². The molecule has 4 fully saturated rings. The molecule has 0 saturated heterocycles. The van der Waals surface area contributed by atoms with Crippen LogP contribution in [-0.4, -0.2) is 52.1 Å². The summed E-state index contributed by atoms with van der Waals surface area (Å²) in [6.07, 6.45) is 9.62. The number of carbonyl (C=O) groups excluding carboxylic acids is 1. The highest BCUT2D eigenvalue weighted by Crippen LogP contribution is 2.75. The van der Waals surface area contributed by atoms with E-state index in [4.69, 9.17) is 0 Å². The molecule has 0 aliphatic heterocycles. The van der Waals surface area contributed by atoms with Crippen LogP contribution in [0.5, 0.6) is 0 Å². The van der Waals surface area contributed by atoms with Crippen molar-refractivity contribution in [1.29, 1.82) is 0 Å². The van der Waals surface area contributed by atoms with E-state index in [0.29, 0.717) is 18.3 Å². The number of aliphatic hydroxyl groups excluding tert-OH is 4. The van der Waals surface area contributed by atoms with Gasteiger partial charge in [-0.3, -0.25) is 4.79 Å². The standard InChI is InChI=1S/C30H48O5/c1-25-12-13-28(4)19(20(25)14-30(17-32,18-33)15-24(25)35)6-7-22-26(2)10-9-23(34)27(3,16-31)21(26)8-11-29(22,28)5/h6,20-23,31-34H,7-18H2,1-5H3. The first-order valence-electron chi connectivity index (χ1n) is 14.0. The van der Waals surface area contributed by atoms with Crippen molar-refractivity contribution in [1.82, 2.24) is 0 Å². The Hall–Kier alpha value is -0.750. The molecule has 5 rings (SSSR count). The van der Waals surface area contributed by atoms with Crippen LogP contribution in [-0.2, 0) is 4.79 Å². The van der Waals surface area contributed by atoms with Crippen LogP contribution in [0.25, 0.3) is 0 Å². The average molecular weight is 489 g/mol. The van der Waals surface area contributed by atoms with Gasteiger partial charge in [-0.2, -0.15) is 0 Å². The minimum atomic E-state index is -0.718. The fraction of sp³-hybridized carbons (Fsp3) is 0.900. The predicted octanol–water partition coefficient (Wildman–Crippen LogP) is 4.27. The van der Waals surface area contributed by atoms with Crippen LogP contribution in [0.2, 0.25) is 0 Å². The highest BCUT2D eigenvalue weighted by atomic mass is 16.3. The first-order valence-corrected chi connectivity index (χ1v) is 14.0. The Morgan fingerprint density at radius 1 is 0.886 bits per heavy atom. The average Bonchev–Trinajstić information content (AvgIpc) is 2.83. The highest BCUT2D eigenvalue weighted by molar-refractivity contribution is 5.87. The molecular weight excluding hydrogens is 440 g/mol. The lowest BCUT2D eigenvalue weighted by atomic mass is 9.33. The molecule has 0 spiro atoms. The molecule has 35 heavy (non-hydrogen) atoms. The first kappa shape index (κ1) is 25.9. The first-order chi connectivity index (χ1) is 16.3. The van der Waals surface area contributed by atoms with Gasteiger partial charge in [0.15, 0.2) is 0 Å². The maximum Gasteiger partial charge on any atom is 0.140 e. The van der Waals surface area contributed by atoms with Crippen molar-refractivity contribution in [2.75, 3.05) is 19.8 Å². The van der Waals surface area contributed by atoms with Crippen LogP contribution in [0, 0.1) is 50.2 Å². The smallest absolute Gasteiger partial charge is 0.140 e. The number of Topliss-reactive ketones (excluding diaryl/α,β-unsaturated/α-hetero) is 1. The summed E-state index contributed by atoms with van der Waals surface area (Å²) in [5, 5.41) is 41.8. The van der Waals surface area contributed by atoms with Crippen molar-refractivity contribution in [2.24, 2.45) is 50.2 Å². The fourth-order valence-electron chi connectivity index (χ4n) is 10.6. The lowest BCUT2D eigenvalue weighted by molar-refractivity contribution is -0.215. The number of rotatable bonds is 3. The van der Waals surface area contributed by atoms with Gasteiger partial charge in [-0.05, 0) is 85.4 Å². The minimum absolute atomic E-state index is 0.0309. The van der Waals surface area contributed by atoms with E-state index in [9.17, 15) is 25.2 Å². The van der Waals surface area contributed by atoms with Crippen molar-refractivity contribution in [2.45, 2.75) is 98.5 Å². The van der Waals surface area contributed by atoms with Crippen LogP contribution in [0.15, 0.2) is 11.6 Å². The largest absolute Gasteiger partial charge is 0.396 e. The summed E-state index contributed by atoms with van der Waals surface area (Å²) in [5.41, 5.74) is -0.0808. The van der Waals surface area contributed by atoms with E-state index < -0.39 is 22.3 Å². The number of aliphatic hydroxyl groups is 4. The van der Waals surface area contributed by atoms with E-state index in [1.807, 2.05) is 0 Å². The van der Waals surface area contributed by atoms with Crippen LogP contribution in [0.3, 0.4) is 0 Å². The zero-order valence-electron chi connectivity index (χ0n) is 22.6. The number of carbonyl (C=O) groups is 1. The molecule has 0 bridgehead atoms. The maximum atomic E-state index is 13.5. The van der Waals surface area contributed by atoms with Crippen LogP contribution >= 0.6 is 0 Å². The molecule has 0 radical (unpaired) electrons. The van der Waals surface area contributed by atoms with Gasteiger partial charge in [0.25, 0.3) is 0 Å². The summed E-state index contributed by atoms with van der Waals surface area (Å²) in [7, 11) is 0. The van der Waals surface area contributed by atoms with Crippen molar-refractivity contribution < 1.29 is 25.2 Å². The molecule has 198 valence electrons. The second-order valence-corrected chi connectivity index (χ2v) is 14.6. The summed E-state index contributed by atoms with van der Waals surface area (Å²) in [5.74, 6) is 1.04. The Kier molecular flexibility index (Phi) is 5.83. The van der Waals surface area contributed by atoms with Gasteiger partial charge in [-0.15, -0.1) is 0 Å². The molecule has 9 unspecified atom stereocenters. The molecule has 5 aliphatic rings. The van der Waals surface area contributed by atoms with E-state index in [2.05, 4.69) is 40.7 Å². The van der Waals surface area contributed by atoms with E-state index in [-0.39, 0.29) is 54.2 Å². The van der Waals surface area contributed by atoms with E-state index in [0.717, 1.165) is 44.9 Å². The van der Waals surface area contributed by atoms with Crippen molar-refractivity contribution in [3.8, 4) is 0 Å². The Bertz CT molecular complexity index is 924. The Labute approximate surface area is 211 Å². The van der Waals surface area contributed by atoms with Gasteiger partial charge in [-0.1, -0.05) is 46.3 Å². The fourth-order valence-corrected chi connectivity index (χ4v) is 10.6. The number of fused-ring (bicyclic) bond motifs is 7. The molecule has 0 aromatic rings. The second kappa shape index (κ2) is 7.88. The zero-order valence-corrected chi connectivity index (χ0v) is 22.6. The molecule has 5 aliphatic carbocycles. The molecule has 4 saturated carbocycles.